The molecule has 1 amide bonds. The molecule has 3 aromatic rings. The lowest BCUT2D eigenvalue weighted by atomic mass is 10.0. The van der Waals surface area contributed by atoms with Crippen molar-refractivity contribution < 1.29 is 23.7 Å². The van der Waals surface area contributed by atoms with Crippen LogP contribution in [0.1, 0.15) is 12.5 Å². The minimum Gasteiger partial charge on any atom is -0.493 e. The van der Waals surface area contributed by atoms with Crippen LogP contribution >= 0.6 is 0 Å². The van der Waals surface area contributed by atoms with E-state index in [0.717, 1.165) is 33.4 Å². The summed E-state index contributed by atoms with van der Waals surface area (Å²) in [5.74, 6) is 2.52. The van der Waals surface area contributed by atoms with E-state index in [0.29, 0.717) is 29.5 Å². The van der Waals surface area contributed by atoms with E-state index < -0.39 is 0 Å². The van der Waals surface area contributed by atoms with E-state index >= 15 is 0 Å². The smallest absolute Gasteiger partial charge is 0.265 e. The molecule has 0 saturated heterocycles. The first kappa shape index (κ1) is 17.6. The van der Waals surface area contributed by atoms with Crippen molar-refractivity contribution in [2.24, 2.45) is 0 Å². The van der Waals surface area contributed by atoms with Gasteiger partial charge in [0, 0.05) is 17.5 Å². The lowest BCUT2D eigenvalue weighted by molar-refractivity contribution is -0.121. The Hall–Kier alpha value is -3.48. The SMILES string of the molecule is CCN1C(=O)COc2cc3c(C)cc(-c4cc(OC)c5c(c4)OCO5)nc3cc21. The summed E-state index contributed by atoms with van der Waals surface area (Å²) >= 11 is 0. The Balaban J connectivity index is 1.68. The molecule has 0 unspecified atom stereocenters. The van der Waals surface area contributed by atoms with Crippen LogP contribution in [0.15, 0.2) is 30.3 Å². The molecule has 0 radical (unpaired) electrons. The molecule has 2 aliphatic rings. The predicted octanol–water partition coefficient (Wildman–Crippen LogP) is 3.69. The van der Waals surface area contributed by atoms with Crippen molar-refractivity contribution in [3.05, 3.63) is 35.9 Å². The maximum Gasteiger partial charge on any atom is 0.265 e. The first-order valence-corrected chi connectivity index (χ1v) is 9.45. The molecule has 0 aliphatic carbocycles. The van der Waals surface area contributed by atoms with Crippen molar-refractivity contribution in [1.82, 2.24) is 4.98 Å². The molecule has 148 valence electrons. The third-order valence-electron chi connectivity index (χ3n) is 5.31. The van der Waals surface area contributed by atoms with E-state index in [-0.39, 0.29) is 19.3 Å². The highest BCUT2D eigenvalue weighted by molar-refractivity contribution is 6.01. The number of methoxy groups -OCH3 is 1. The van der Waals surface area contributed by atoms with Crippen molar-refractivity contribution in [2.45, 2.75) is 13.8 Å². The van der Waals surface area contributed by atoms with Gasteiger partial charge in [-0.2, -0.15) is 0 Å². The molecule has 0 spiro atoms. The number of pyridine rings is 1. The summed E-state index contributed by atoms with van der Waals surface area (Å²) in [7, 11) is 1.60. The number of hydrogen-bond acceptors (Lipinski definition) is 6. The van der Waals surface area contributed by atoms with Gasteiger partial charge in [-0.05, 0) is 49.7 Å². The van der Waals surface area contributed by atoms with Gasteiger partial charge in [0.15, 0.2) is 18.1 Å². The van der Waals surface area contributed by atoms with Crippen molar-refractivity contribution in [3.63, 3.8) is 0 Å². The number of aromatic nitrogens is 1. The number of hydrogen-bond donors (Lipinski definition) is 0. The van der Waals surface area contributed by atoms with Crippen LogP contribution in [0.3, 0.4) is 0 Å². The van der Waals surface area contributed by atoms with Crippen LogP contribution in [0.25, 0.3) is 22.2 Å². The van der Waals surface area contributed by atoms with Crippen molar-refractivity contribution in [3.8, 4) is 34.3 Å². The molecule has 0 bridgehead atoms. The van der Waals surface area contributed by atoms with Crippen LogP contribution in [-0.2, 0) is 4.79 Å². The second-order valence-electron chi connectivity index (χ2n) is 7.00. The molecule has 3 heterocycles. The molecule has 7 nitrogen and oxygen atoms in total. The zero-order chi connectivity index (χ0) is 20.1. The molecule has 29 heavy (non-hydrogen) atoms. The fraction of sp³-hybridized carbons (Fsp3) is 0.273. The second kappa shape index (κ2) is 6.55. The average Bonchev–Trinajstić information content (AvgIpc) is 3.20. The standard InChI is InChI=1S/C22H20N2O5/c1-4-24-17-9-16-14(8-18(17)27-10-21(24)25)12(2)5-15(23-16)13-6-19(26-3)22-20(7-13)28-11-29-22/h5-9H,4,10-11H2,1-3H3. The summed E-state index contributed by atoms with van der Waals surface area (Å²) in [5, 5.41) is 0.991. The van der Waals surface area contributed by atoms with Crippen molar-refractivity contribution in [1.29, 1.82) is 0 Å². The fourth-order valence-corrected chi connectivity index (χ4v) is 3.86. The molecule has 5 rings (SSSR count). The van der Waals surface area contributed by atoms with Gasteiger partial charge in [0.2, 0.25) is 12.5 Å². The van der Waals surface area contributed by atoms with Gasteiger partial charge in [0.25, 0.3) is 5.91 Å². The van der Waals surface area contributed by atoms with E-state index in [1.54, 1.807) is 12.0 Å². The number of amides is 1. The number of carbonyl (C=O) groups is 1. The highest BCUT2D eigenvalue weighted by Gasteiger charge is 2.26. The van der Waals surface area contributed by atoms with E-state index in [1.165, 1.54) is 0 Å². The molecule has 0 atom stereocenters. The van der Waals surface area contributed by atoms with Crippen LogP contribution < -0.4 is 23.8 Å². The number of anilines is 1. The topological polar surface area (TPSA) is 70.1 Å². The van der Waals surface area contributed by atoms with Crippen molar-refractivity contribution in [2.75, 3.05) is 32.0 Å². The van der Waals surface area contributed by atoms with Gasteiger partial charge < -0.3 is 23.8 Å². The van der Waals surface area contributed by atoms with Gasteiger partial charge >= 0.3 is 0 Å². The summed E-state index contributed by atoms with van der Waals surface area (Å²) in [6.07, 6.45) is 0. The first-order valence-electron chi connectivity index (χ1n) is 9.45. The molecule has 0 fully saturated rings. The van der Waals surface area contributed by atoms with Crippen molar-refractivity contribution >= 4 is 22.5 Å². The summed E-state index contributed by atoms with van der Waals surface area (Å²) in [6, 6.07) is 9.71. The lowest BCUT2D eigenvalue weighted by Gasteiger charge is -2.28. The van der Waals surface area contributed by atoms with Crippen LogP contribution in [0, 0.1) is 6.92 Å². The van der Waals surface area contributed by atoms with Crippen LogP contribution in [0.5, 0.6) is 23.0 Å². The van der Waals surface area contributed by atoms with Gasteiger partial charge in [-0.15, -0.1) is 0 Å². The molecule has 0 N–H and O–H groups in total. The number of likely N-dealkylation sites (N-methyl/N-ethyl adjacent to an activating group) is 1. The highest BCUT2D eigenvalue weighted by Crippen LogP contribution is 2.44. The zero-order valence-corrected chi connectivity index (χ0v) is 16.4. The maximum atomic E-state index is 12.2. The van der Waals surface area contributed by atoms with E-state index in [9.17, 15) is 4.79 Å². The molecule has 7 heteroatoms. The van der Waals surface area contributed by atoms with Crippen LogP contribution in [0.2, 0.25) is 0 Å². The Bertz CT molecular complexity index is 1160. The molecule has 2 aliphatic heterocycles. The second-order valence-corrected chi connectivity index (χ2v) is 7.00. The summed E-state index contributed by atoms with van der Waals surface area (Å²) in [6.45, 7) is 4.81. The Labute approximate surface area is 167 Å². The molecule has 2 aromatic carbocycles. The Morgan fingerprint density at radius 2 is 1.97 bits per heavy atom. The third kappa shape index (κ3) is 2.73. The minimum absolute atomic E-state index is 0.0484. The largest absolute Gasteiger partial charge is 0.493 e. The summed E-state index contributed by atoms with van der Waals surface area (Å²) < 4.78 is 22.1. The minimum atomic E-state index is -0.0484. The number of fused-ring (bicyclic) bond motifs is 3. The molecular weight excluding hydrogens is 372 g/mol. The van der Waals surface area contributed by atoms with Gasteiger partial charge in [-0.3, -0.25) is 4.79 Å². The maximum absolute atomic E-state index is 12.2. The Morgan fingerprint density at radius 3 is 2.76 bits per heavy atom. The third-order valence-corrected chi connectivity index (χ3v) is 5.31. The Kier molecular flexibility index (Phi) is 3.97. The number of carbonyl (C=O) groups excluding carboxylic acids is 1. The zero-order valence-electron chi connectivity index (χ0n) is 16.4. The monoisotopic (exact) mass is 392 g/mol. The van der Waals surface area contributed by atoms with Crippen LogP contribution in [-0.4, -0.2) is 37.9 Å². The van der Waals surface area contributed by atoms with Gasteiger partial charge in [-0.1, -0.05) is 0 Å². The quantitative estimate of drug-likeness (QED) is 0.677. The number of benzene rings is 2. The number of ether oxygens (including phenoxy) is 4. The van der Waals surface area contributed by atoms with Gasteiger partial charge in [0.1, 0.15) is 5.75 Å². The fourth-order valence-electron chi connectivity index (χ4n) is 3.86. The van der Waals surface area contributed by atoms with Crippen LogP contribution in [0.4, 0.5) is 5.69 Å². The summed E-state index contributed by atoms with van der Waals surface area (Å²) in [4.78, 5) is 18.8. The number of rotatable bonds is 3. The van der Waals surface area contributed by atoms with E-state index in [1.807, 2.05) is 44.2 Å². The first-order chi connectivity index (χ1) is 14.1. The summed E-state index contributed by atoms with van der Waals surface area (Å²) in [5.41, 5.74) is 4.27. The normalized spacial score (nSPS) is 14.7. The lowest BCUT2D eigenvalue weighted by Crippen LogP contribution is -2.38. The van der Waals surface area contributed by atoms with Gasteiger partial charge in [-0.25, -0.2) is 4.98 Å². The number of aryl methyl sites for hydroxylation is 1. The average molecular weight is 392 g/mol. The molecule has 1 aromatic heterocycles. The molecule has 0 saturated carbocycles. The van der Waals surface area contributed by atoms with E-state index in [2.05, 4.69) is 0 Å². The number of nitrogens with zero attached hydrogens (tertiary/aromatic N) is 2. The highest BCUT2D eigenvalue weighted by atomic mass is 16.7. The predicted molar refractivity (Wildman–Crippen MR) is 108 cm³/mol. The molecular formula is C22H20N2O5. The van der Waals surface area contributed by atoms with E-state index in [4.69, 9.17) is 23.9 Å². The Morgan fingerprint density at radius 1 is 1.10 bits per heavy atom. The van der Waals surface area contributed by atoms with Gasteiger partial charge in [0.05, 0.1) is 24.0 Å².